The van der Waals surface area contributed by atoms with Gasteiger partial charge < -0.3 is 5.32 Å². The number of hydrogen-bond acceptors (Lipinski definition) is 3. The number of hydrogen-bond donors (Lipinski definition) is 1. The highest BCUT2D eigenvalue weighted by Crippen LogP contribution is 2.39. The Balaban J connectivity index is 0.00000133. The van der Waals surface area contributed by atoms with Crippen molar-refractivity contribution in [3.8, 4) is 0 Å². The van der Waals surface area contributed by atoms with Crippen LogP contribution < -0.4 is 5.32 Å². The van der Waals surface area contributed by atoms with Gasteiger partial charge in [0.1, 0.15) is 0 Å². The molecule has 0 amide bonds. The number of fused-ring (bicyclic) bond motifs is 2. The van der Waals surface area contributed by atoms with Crippen LogP contribution in [0.15, 0.2) is 0 Å². The Hall–Kier alpha value is 0.120. The van der Waals surface area contributed by atoms with Gasteiger partial charge in [0.15, 0.2) is 0 Å². The molecule has 2 unspecified atom stereocenters. The molecule has 0 aromatic heterocycles. The minimum absolute atomic E-state index is 0. The van der Waals surface area contributed by atoms with Crippen molar-refractivity contribution in [3.05, 3.63) is 0 Å². The van der Waals surface area contributed by atoms with Gasteiger partial charge >= 0.3 is 0 Å². The molecule has 1 N–H and O–H groups in total. The summed E-state index contributed by atoms with van der Waals surface area (Å²) in [6, 6.07) is 0.458. The Labute approximate surface area is 122 Å². The molecule has 112 valence electrons. The Kier molecular flexibility index (Phi) is 4.78. The van der Waals surface area contributed by atoms with Crippen LogP contribution in [-0.4, -0.2) is 55.8 Å². The van der Waals surface area contributed by atoms with Crippen molar-refractivity contribution in [1.82, 2.24) is 13.9 Å². The highest BCUT2D eigenvalue weighted by Gasteiger charge is 2.46. The first-order chi connectivity index (χ1) is 8.59. The summed E-state index contributed by atoms with van der Waals surface area (Å²) in [7, 11) is -1.47. The van der Waals surface area contributed by atoms with E-state index in [4.69, 9.17) is 0 Å². The van der Waals surface area contributed by atoms with E-state index in [1.54, 1.807) is 15.7 Å². The van der Waals surface area contributed by atoms with Crippen molar-refractivity contribution in [2.75, 3.05) is 26.7 Å². The minimum atomic E-state index is -3.23. The average Bonchev–Trinajstić information content (AvgIpc) is 3.01. The number of piperidine rings is 2. The van der Waals surface area contributed by atoms with Gasteiger partial charge in [-0.1, -0.05) is 0 Å². The molecule has 2 saturated heterocycles. The van der Waals surface area contributed by atoms with E-state index in [1.165, 1.54) is 6.42 Å². The van der Waals surface area contributed by atoms with E-state index in [-0.39, 0.29) is 24.5 Å². The predicted octanol–water partition coefficient (Wildman–Crippen LogP) is 0.821. The van der Waals surface area contributed by atoms with Crippen LogP contribution in [0.2, 0.25) is 0 Å². The lowest BCUT2D eigenvalue weighted by atomic mass is 10.1. The van der Waals surface area contributed by atoms with Gasteiger partial charge in [0, 0.05) is 25.7 Å². The summed E-state index contributed by atoms with van der Waals surface area (Å²) in [6.45, 7) is 2.61. The van der Waals surface area contributed by atoms with Gasteiger partial charge in [-0.3, -0.25) is 0 Å². The molecule has 0 radical (unpaired) electrons. The highest BCUT2D eigenvalue weighted by atomic mass is 35.5. The first kappa shape index (κ1) is 15.5. The molecule has 5 nitrogen and oxygen atoms in total. The number of halogens is 1. The van der Waals surface area contributed by atoms with Crippen LogP contribution >= 0.6 is 12.4 Å². The van der Waals surface area contributed by atoms with E-state index in [0.717, 1.165) is 45.3 Å². The maximum absolute atomic E-state index is 12.7. The fraction of sp³-hybridized carbons (Fsp3) is 1.00. The third kappa shape index (κ3) is 2.78. The molecule has 2 aliphatic heterocycles. The van der Waals surface area contributed by atoms with Crippen molar-refractivity contribution in [3.63, 3.8) is 0 Å². The summed E-state index contributed by atoms with van der Waals surface area (Å²) in [5, 5.41) is 3.28. The summed E-state index contributed by atoms with van der Waals surface area (Å²) < 4.78 is 28.7. The number of nitrogens with zero attached hydrogens (tertiary/aromatic N) is 2. The second-order valence-corrected chi connectivity index (χ2v) is 7.85. The van der Waals surface area contributed by atoms with Crippen molar-refractivity contribution in [1.29, 1.82) is 0 Å². The standard InChI is InChI=1S/C12H23N3O2S.ClH/c1-14(11-4-6-13-7-5-11)18(16,17)15-9-10-2-3-12(15)8-10;/h10-13H,2-9H2,1H3;1H. The zero-order valence-corrected chi connectivity index (χ0v) is 13.0. The van der Waals surface area contributed by atoms with E-state index in [2.05, 4.69) is 5.32 Å². The quantitative estimate of drug-likeness (QED) is 0.840. The Morgan fingerprint density at radius 1 is 1.16 bits per heavy atom. The van der Waals surface area contributed by atoms with Gasteiger partial charge in [0.05, 0.1) is 0 Å². The molecular formula is C12H24ClN3O2S. The van der Waals surface area contributed by atoms with Gasteiger partial charge in [-0.25, -0.2) is 0 Å². The molecular weight excluding hydrogens is 286 g/mol. The van der Waals surface area contributed by atoms with Crippen molar-refractivity contribution in [2.24, 2.45) is 5.92 Å². The largest absolute Gasteiger partial charge is 0.317 e. The minimum Gasteiger partial charge on any atom is -0.317 e. The maximum Gasteiger partial charge on any atom is 0.282 e. The maximum atomic E-state index is 12.7. The summed E-state index contributed by atoms with van der Waals surface area (Å²) in [5.74, 6) is 0.617. The van der Waals surface area contributed by atoms with Crippen LogP contribution in [-0.2, 0) is 10.2 Å². The molecule has 7 heteroatoms. The van der Waals surface area contributed by atoms with E-state index >= 15 is 0 Å². The summed E-state index contributed by atoms with van der Waals surface area (Å²) in [4.78, 5) is 0. The third-order valence-corrected chi connectivity index (χ3v) is 6.91. The lowest BCUT2D eigenvalue weighted by molar-refractivity contribution is 0.254. The van der Waals surface area contributed by atoms with E-state index < -0.39 is 10.2 Å². The molecule has 3 aliphatic rings. The number of rotatable bonds is 3. The topological polar surface area (TPSA) is 52.7 Å². The monoisotopic (exact) mass is 309 g/mol. The highest BCUT2D eigenvalue weighted by molar-refractivity contribution is 7.86. The van der Waals surface area contributed by atoms with Gasteiger partial charge in [0.2, 0.25) is 0 Å². The van der Waals surface area contributed by atoms with Crippen LogP contribution in [0.3, 0.4) is 0 Å². The molecule has 0 aromatic carbocycles. The van der Waals surface area contributed by atoms with Crippen LogP contribution in [0.4, 0.5) is 0 Å². The third-order valence-electron chi connectivity index (χ3n) is 4.84. The molecule has 0 spiro atoms. The zero-order chi connectivity index (χ0) is 12.8. The Morgan fingerprint density at radius 2 is 1.84 bits per heavy atom. The zero-order valence-electron chi connectivity index (χ0n) is 11.4. The van der Waals surface area contributed by atoms with E-state index in [0.29, 0.717) is 5.92 Å². The molecule has 2 bridgehead atoms. The van der Waals surface area contributed by atoms with Crippen LogP contribution in [0.5, 0.6) is 0 Å². The normalized spacial score (nSPS) is 32.7. The SMILES string of the molecule is CN(C1CCNCC1)S(=O)(=O)N1CC2CCC1C2.Cl. The summed E-state index contributed by atoms with van der Waals surface area (Å²) in [6.07, 6.45) is 5.21. The fourth-order valence-corrected chi connectivity index (χ4v) is 5.57. The van der Waals surface area contributed by atoms with Gasteiger partial charge in [0.25, 0.3) is 10.2 Å². The second kappa shape index (κ2) is 5.85. The molecule has 0 aromatic rings. The Morgan fingerprint density at radius 3 is 2.37 bits per heavy atom. The molecule has 1 saturated carbocycles. The molecule has 2 atom stereocenters. The van der Waals surface area contributed by atoms with Crippen molar-refractivity contribution in [2.45, 2.75) is 44.2 Å². The van der Waals surface area contributed by atoms with Gasteiger partial charge in [-0.15, -0.1) is 12.4 Å². The van der Waals surface area contributed by atoms with Crippen molar-refractivity contribution >= 4 is 22.6 Å². The van der Waals surface area contributed by atoms with Crippen LogP contribution in [0, 0.1) is 5.92 Å². The smallest absolute Gasteiger partial charge is 0.282 e. The van der Waals surface area contributed by atoms with Crippen molar-refractivity contribution < 1.29 is 8.42 Å². The summed E-state index contributed by atoms with van der Waals surface area (Å²) >= 11 is 0. The summed E-state index contributed by atoms with van der Waals surface area (Å²) in [5.41, 5.74) is 0. The van der Waals surface area contributed by atoms with E-state index in [9.17, 15) is 8.42 Å². The van der Waals surface area contributed by atoms with Gasteiger partial charge in [-0.05, 0) is 51.1 Å². The number of nitrogens with one attached hydrogen (secondary N) is 1. The first-order valence-electron chi connectivity index (χ1n) is 7.04. The van der Waals surface area contributed by atoms with E-state index in [1.807, 2.05) is 0 Å². The Bertz CT molecular complexity index is 411. The average molecular weight is 310 g/mol. The predicted molar refractivity (Wildman–Crippen MR) is 77.7 cm³/mol. The molecule has 3 rings (SSSR count). The molecule has 1 aliphatic carbocycles. The van der Waals surface area contributed by atoms with Crippen LogP contribution in [0.1, 0.15) is 32.1 Å². The molecule has 3 fully saturated rings. The lowest BCUT2D eigenvalue weighted by Gasteiger charge is -2.36. The first-order valence-corrected chi connectivity index (χ1v) is 8.44. The van der Waals surface area contributed by atoms with Crippen LogP contribution in [0.25, 0.3) is 0 Å². The van der Waals surface area contributed by atoms with Gasteiger partial charge in [-0.2, -0.15) is 17.0 Å². The molecule has 19 heavy (non-hydrogen) atoms. The second-order valence-electron chi connectivity index (χ2n) is 5.91. The fourth-order valence-electron chi connectivity index (χ4n) is 3.69. The lowest BCUT2D eigenvalue weighted by Crippen LogP contribution is -2.51. The molecule has 2 heterocycles.